The number of carbonyl (C=O) groups excluding carboxylic acids is 2. The van der Waals surface area contributed by atoms with Crippen molar-refractivity contribution in [3.8, 4) is 5.69 Å². The summed E-state index contributed by atoms with van der Waals surface area (Å²) in [6.07, 6.45) is 0.489. The van der Waals surface area contributed by atoms with Gasteiger partial charge in [0.2, 0.25) is 11.9 Å². The standard InChI is InChI=1S/C16H17FN6O2/c1-9-8-11(17)4-6-13(9)23-16(18-10(2)20-23)19-15(25)12-5-7-14(24)22(3)21-12/h4,6,8H,5,7H2,1-3H3,(H,18,19,20,25). The van der Waals surface area contributed by atoms with Gasteiger partial charge in [0.05, 0.1) is 5.69 Å². The number of hydrogen-bond donors (Lipinski definition) is 1. The molecule has 2 heterocycles. The number of hydrogen-bond acceptors (Lipinski definition) is 5. The summed E-state index contributed by atoms with van der Waals surface area (Å²) < 4.78 is 14.8. The molecule has 1 aliphatic heterocycles. The monoisotopic (exact) mass is 344 g/mol. The van der Waals surface area contributed by atoms with E-state index in [-0.39, 0.29) is 36.2 Å². The van der Waals surface area contributed by atoms with Crippen LogP contribution >= 0.6 is 0 Å². The normalized spacial score (nSPS) is 14.5. The molecule has 0 saturated heterocycles. The Balaban J connectivity index is 1.90. The van der Waals surface area contributed by atoms with Crippen molar-refractivity contribution in [3.05, 3.63) is 35.4 Å². The summed E-state index contributed by atoms with van der Waals surface area (Å²) in [4.78, 5) is 28.1. The van der Waals surface area contributed by atoms with Gasteiger partial charge >= 0.3 is 0 Å². The summed E-state index contributed by atoms with van der Waals surface area (Å²) >= 11 is 0. The van der Waals surface area contributed by atoms with Crippen LogP contribution in [0.1, 0.15) is 24.2 Å². The summed E-state index contributed by atoms with van der Waals surface area (Å²) in [7, 11) is 1.50. The van der Waals surface area contributed by atoms with Crippen molar-refractivity contribution in [2.75, 3.05) is 12.4 Å². The van der Waals surface area contributed by atoms with Gasteiger partial charge in [0, 0.05) is 19.9 Å². The fourth-order valence-corrected chi connectivity index (χ4v) is 2.53. The van der Waals surface area contributed by atoms with Gasteiger partial charge in [-0.2, -0.15) is 14.8 Å². The lowest BCUT2D eigenvalue weighted by Gasteiger charge is -2.18. The molecule has 130 valence electrons. The summed E-state index contributed by atoms with van der Waals surface area (Å²) in [6, 6.07) is 4.26. The van der Waals surface area contributed by atoms with E-state index in [1.807, 2.05) is 0 Å². The molecule has 0 atom stereocenters. The lowest BCUT2D eigenvalue weighted by Crippen LogP contribution is -2.34. The van der Waals surface area contributed by atoms with Crippen molar-refractivity contribution in [1.29, 1.82) is 0 Å². The van der Waals surface area contributed by atoms with Gasteiger partial charge in [-0.25, -0.2) is 9.40 Å². The molecule has 0 saturated carbocycles. The minimum atomic E-state index is -0.451. The number of nitrogens with one attached hydrogen (secondary N) is 1. The maximum Gasteiger partial charge on any atom is 0.274 e. The Labute approximate surface area is 143 Å². The smallest absolute Gasteiger partial charge is 0.274 e. The van der Waals surface area contributed by atoms with Crippen molar-refractivity contribution in [2.45, 2.75) is 26.7 Å². The second-order valence-corrected chi connectivity index (χ2v) is 5.74. The zero-order valence-electron chi connectivity index (χ0n) is 14.1. The minimum Gasteiger partial charge on any atom is -0.289 e. The second kappa shape index (κ2) is 6.42. The lowest BCUT2D eigenvalue weighted by atomic mass is 10.1. The number of carbonyl (C=O) groups is 2. The maximum atomic E-state index is 13.3. The van der Waals surface area contributed by atoms with E-state index in [0.717, 1.165) is 5.01 Å². The van der Waals surface area contributed by atoms with Crippen LogP contribution in [0, 0.1) is 19.7 Å². The van der Waals surface area contributed by atoms with Crippen molar-refractivity contribution in [2.24, 2.45) is 5.10 Å². The largest absolute Gasteiger partial charge is 0.289 e. The minimum absolute atomic E-state index is 0.141. The highest BCUT2D eigenvalue weighted by Gasteiger charge is 2.24. The molecule has 0 aliphatic carbocycles. The zero-order chi connectivity index (χ0) is 18.1. The number of aromatic nitrogens is 3. The Morgan fingerprint density at radius 3 is 2.72 bits per heavy atom. The van der Waals surface area contributed by atoms with Crippen molar-refractivity contribution >= 4 is 23.5 Å². The van der Waals surface area contributed by atoms with Gasteiger partial charge in [-0.1, -0.05) is 0 Å². The first-order valence-corrected chi connectivity index (χ1v) is 7.70. The van der Waals surface area contributed by atoms with E-state index in [0.29, 0.717) is 17.1 Å². The molecule has 0 radical (unpaired) electrons. The highest BCUT2D eigenvalue weighted by molar-refractivity contribution is 6.43. The van der Waals surface area contributed by atoms with E-state index in [4.69, 9.17) is 0 Å². The Bertz CT molecular complexity index is 889. The molecule has 1 aromatic heterocycles. The van der Waals surface area contributed by atoms with E-state index in [1.165, 1.54) is 23.9 Å². The molecule has 1 N–H and O–H groups in total. The number of halogens is 1. The van der Waals surface area contributed by atoms with Crippen LogP contribution in [-0.4, -0.2) is 44.3 Å². The van der Waals surface area contributed by atoms with E-state index < -0.39 is 5.91 Å². The molecular formula is C16H17FN6O2. The summed E-state index contributed by atoms with van der Waals surface area (Å²) in [5.41, 5.74) is 1.50. The third kappa shape index (κ3) is 3.39. The summed E-state index contributed by atoms with van der Waals surface area (Å²) in [6.45, 7) is 3.43. The van der Waals surface area contributed by atoms with Crippen LogP contribution in [0.25, 0.3) is 5.69 Å². The first-order valence-electron chi connectivity index (χ1n) is 7.70. The van der Waals surface area contributed by atoms with E-state index >= 15 is 0 Å². The highest BCUT2D eigenvalue weighted by Crippen LogP contribution is 2.19. The Morgan fingerprint density at radius 1 is 1.28 bits per heavy atom. The fraction of sp³-hybridized carbons (Fsp3) is 0.312. The van der Waals surface area contributed by atoms with E-state index in [9.17, 15) is 14.0 Å². The summed E-state index contributed by atoms with van der Waals surface area (Å²) in [5.74, 6) is -0.283. The molecular weight excluding hydrogens is 327 g/mol. The first kappa shape index (κ1) is 16.7. The van der Waals surface area contributed by atoms with Crippen molar-refractivity contribution in [1.82, 2.24) is 19.8 Å². The third-order valence-electron chi connectivity index (χ3n) is 3.79. The Hall–Kier alpha value is -3.10. The second-order valence-electron chi connectivity index (χ2n) is 5.74. The Morgan fingerprint density at radius 2 is 2.04 bits per heavy atom. The topological polar surface area (TPSA) is 92.5 Å². The number of rotatable bonds is 3. The predicted molar refractivity (Wildman–Crippen MR) is 88.9 cm³/mol. The van der Waals surface area contributed by atoms with Crippen LogP contribution in [0.15, 0.2) is 23.3 Å². The molecule has 0 bridgehead atoms. The molecule has 25 heavy (non-hydrogen) atoms. The number of anilines is 1. The average Bonchev–Trinajstić information content (AvgIpc) is 2.90. The van der Waals surface area contributed by atoms with Gasteiger partial charge in [0.25, 0.3) is 5.91 Å². The number of benzene rings is 1. The zero-order valence-corrected chi connectivity index (χ0v) is 14.1. The molecule has 9 heteroatoms. The molecule has 3 rings (SSSR count). The van der Waals surface area contributed by atoms with E-state index in [2.05, 4.69) is 20.5 Å². The van der Waals surface area contributed by atoms with Gasteiger partial charge in [-0.15, -0.1) is 5.10 Å². The first-order chi connectivity index (χ1) is 11.8. The predicted octanol–water partition coefficient (Wildman–Crippen LogP) is 1.57. The van der Waals surface area contributed by atoms with Crippen LogP contribution in [0.3, 0.4) is 0 Å². The van der Waals surface area contributed by atoms with E-state index in [1.54, 1.807) is 19.9 Å². The molecule has 2 amide bonds. The fourth-order valence-electron chi connectivity index (χ4n) is 2.53. The molecule has 0 unspecified atom stereocenters. The van der Waals surface area contributed by atoms with Crippen LogP contribution in [0.4, 0.5) is 10.3 Å². The SMILES string of the molecule is Cc1nc(NC(=O)C2=NN(C)C(=O)CC2)n(-c2ccc(F)cc2C)n1. The Kier molecular flexibility index (Phi) is 4.30. The van der Waals surface area contributed by atoms with Crippen LogP contribution in [-0.2, 0) is 9.59 Å². The number of aryl methyl sites for hydroxylation is 2. The van der Waals surface area contributed by atoms with Gasteiger partial charge in [0.15, 0.2) is 0 Å². The molecule has 1 aromatic carbocycles. The van der Waals surface area contributed by atoms with Gasteiger partial charge in [0.1, 0.15) is 17.4 Å². The lowest BCUT2D eigenvalue weighted by molar-refractivity contribution is -0.130. The maximum absolute atomic E-state index is 13.3. The third-order valence-corrected chi connectivity index (χ3v) is 3.79. The van der Waals surface area contributed by atoms with Crippen LogP contribution in [0.2, 0.25) is 0 Å². The molecule has 1 aliphatic rings. The average molecular weight is 344 g/mol. The number of amides is 2. The van der Waals surface area contributed by atoms with Crippen LogP contribution < -0.4 is 5.32 Å². The molecule has 0 spiro atoms. The molecule has 2 aromatic rings. The highest BCUT2D eigenvalue weighted by atomic mass is 19.1. The van der Waals surface area contributed by atoms with Crippen molar-refractivity contribution < 1.29 is 14.0 Å². The molecule has 0 fully saturated rings. The van der Waals surface area contributed by atoms with Gasteiger partial charge in [-0.05, 0) is 37.6 Å². The van der Waals surface area contributed by atoms with Crippen molar-refractivity contribution in [3.63, 3.8) is 0 Å². The quantitative estimate of drug-likeness (QED) is 0.915. The van der Waals surface area contributed by atoms with Gasteiger partial charge < -0.3 is 0 Å². The number of nitrogens with zero attached hydrogens (tertiary/aromatic N) is 5. The molecule has 8 nitrogen and oxygen atoms in total. The number of hydrazone groups is 1. The van der Waals surface area contributed by atoms with Gasteiger partial charge in [-0.3, -0.25) is 14.9 Å². The van der Waals surface area contributed by atoms with Crippen LogP contribution in [0.5, 0.6) is 0 Å². The summed E-state index contributed by atoms with van der Waals surface area (Å²) in [5, 5.41) is 12.1.